The van der Waals surface area contributed by atoms with Crippen molar-refractivity contribution in [1.29, 1.82) is 5.26 Å². The molecule has 0 amide bonds. The second kappa shape index (κ2) is 7.53. The molecule has 3 N–H and O–H groups in total. The number of aromatic nitrogens is 1. The number of para-hydroxylation sites is 1. The zero-order valence-electron chi connectivity index (χ0n) is 14.2. The van der Waals surface area contributed by atoms with Crippen LogP contribution >= 0.6 is 0 Å². The van der Waals surface area contributed by atoms with Crippen molar-refractivity contribution in [2.75, 3.05) is 20.0 Å². The summed E-state index contributed by atoms with van der Waals surface area (Å²) in [6.07, 6.45) is -0.0903. The first-order valence-corrected chi connectivity index (χ1v) is 7.56. The van der Waals surface area contributed by atoms with Crippen LogP contribution in [0.1, 0.15) is 30.5 Å². The molecule has 0 bridgehead atoms. The summed E-state index contributed by atoms with van der Waals surface area (Å²) >= 11 is 0. The third-order valence-corrected chi connectivity index (χ3v) is 3.86. The van der Waals surface area contributed by atoms with Crippen molar-refractivity contribution in [2.24, 2.45) is 0 Å². The van der Waals surface area contributed by atoms with Crippen molar-refractivity contribution < 1.29 is 19.4 Å². The number of benzene rings is 1. The lowest BCUT2D eigenvalue weighted by Gasteiger charge is -2.17. The van der Waals surface area contributed by atoms with Gasteiger partial charge in [0.1, 0.15) is 17.5 Å². The Morgan fingerprint density at radius 3 is 2.64 bits per heavy atom. The fraction of sp³-hybridized carbons (Fsp3) is 0.278. The Balaban J connectivity index is 2.70. The van der Waals surface area contributed by atoms with Crippen molar-refractivity contribution >= 4 is 11.8 Å². The van der Waals surface area contributed by atoms with Crippen molar-refractivity contribution in [2.45, 2.75) is 19.3 Å². The minimum atomic E-state index is -0.933. The number of pyridine rings is 1. The Labute approximate surface area is 145 Å². The Hall–Kier alpha value is -3.27. The molecule has 25 heavy (non-hydrogen) atoms. The van der Waals surface area contributed by atoms with E-state index in [0.29, 0.717) is 28.3 Å². The van der Waals surface area contributed by atoms with Crippen LogP contribution in [0.5, 0.6) is 11.5 Å². The fourth-order valence-electron chi connectivity index (χ4n) is 2.63. The van der Waals surface area contributed by atoms with E-state index in [1.54, 1.807) is 31.2 Å². The van der Waals surface area contributed by atoms with E-state index >= 15 is 0 Å². The van der Waals surface area contributed by atoms with Gasteiger partial charge in [-0.2, -0.15) is 5.26 Å². The van der Waals surface area contributed by atoms with Crippen LogP contribution in [0.4, 0.5) is 5.82 Å². The number of methoxy groups -OCH3 is 2. The number of nitriles is 1. The van der Waals surface area contributed by atoms with Gasteiger partial charge in [0, 0.05) is 22.7 Å². The molecular formula is C18H19N3O4. The molecule has 0 aliphatic carbocycles. The number of carboxylic acid groups (broad SMARTS) is 1. The number of nitrogens with two attached hydrogens (primary N) is 1. The summed E-state index contributed by atoms with van der Waals surface area (Å²) in [7, 11) is 3.03. The van der Waals surface area contributed by atoms with Gasteiger partial charge in [-0.05, 0) is 12.1 Å². The fourth-order valence-corrected chi connectivity index (χ4v) is 2.63. The van der Waals surface area contributed by atoms with Crippen LogP contribution in [0.3, 0.4) is 0 Å². The second-order valence-corrected chi connectivity index (χ2v) is 5.51. The highest BCUT2D eigenvalue weighted by molar-refractivity contribution is 5.81. The third kappa shape index (κ3) is 3.63. The van der Waals surface area contributed by atoms with Crippen LogP contribution in [0.15, 0.2) is 24.3 Å². The molecule has 2 aromatic rings. The van der Waals surface area contributed by atoms with Crippen LogP contribution in [0.25, 0.3) is 11.1 Å². The normalized spacial score (nSPS) is 11.4. The number of carbonyl (C=O) groups is 1. The first-order chi connectivity index (χ1) is 11.9. The monoisotopic (exact) mass is 341 g/mol. The van der Waals surface area contributed by atoms with Crippen LogP contribution in [0, 0.1) is 11.3 Å². The molecule has 1 aromatic heterocycles. The minimum Gasteiger partial charge on any atom is -0.493 e. The summed E-state index contributed by atoms with van der Waals surface area (Å²) in [6.45, 7) is 1.74. The van der Waals surface area contributed by atoms with E-state index in [-0.39, 0.29) is 23.7 Å². The molecule has 0 fully saturated rings. The number of ether oxygens (including phenoxy) is 2. The molecule has 2 rings (SSSR count). The van der Waals surface area contributed by atoms with Crippen LogP contribution in [-0.4, -0.2) is 30.3 Å². The maximum absolute atomic E-state index is 11.0. The summed E-state index contributed by atoms with van der Waals surface area (Å²) in [4.78, 5) is 15.2. The molecular weight excluding hydrogens is 322 g/mol. The first kappa shape index (κ1) is 18.1. The van der Waals surface area contributed by atoms with Crippen molar-refractivity contribution in [3.8, 4) is 28.7 Å². The van der Waals surface area contributed by atoms with Gasteiger partial charge >= 0.3 is 5.97 Å². The zero-order chi connectivity index (χ0) is 18.6. The second-order valence-electron chi connectivity index (χ2n) is 5.51. The van der Waals surface area contributed by atoms with Crippen LogP contribution in [-0.2, 0) is 4.79 Å². The Bertz CT molecular complexity index is 843. The van der Waals surface area contributed by atoms with Gasteiger partial charge in [0.2, 0.25) is 0 Å². The minimum absolute atomic E-state index is 0.0529. The lowest BCUT2D eigenvalue weighted by molar-refractivity contribution is -0.137. The number of nitrogens with zero attached hydrogens (tertiary/aromatic N) is 2. The van der Waals surface area contributed by atoms with Gasteiger partial charge in [-0.3, -0.25) is 4.79 Å². The SMILES string of the molecule is COc1cccc(-c2cc(C(C)CC(=O)O)nc(N)c2C#N)c1OC. The van der Waals surface area contributed by atoms with Crippen LogP contribution < -0.4 is 15.2 Å². The summed E-state index contributed by atoms with van der Waals surface area (Å²) < 4.78 is 10.7. The Morgan fingerprint density at radius 1 is 1.36 bits per heavy atom. The van der Waals surface area contributed by atoms with Gasteiger partial charge in [-0.25, -0.2) is 4.98 Å². The van der Waals surface area contributed by atoms with Gasteiger partial charge in [0.25, 0.3) is 0 Å². The number of anilines is 1. The van der Waals surface area contributed by atoms with Gasteiger partial charge in [0.15, 0.2) is 11.5 Å². The predicted molar refractivity (Wildman–Crippen MR) is 92.6 cm³/mol. The van der Waals surface area contributed by atoms with Gasteiger partial charge in [-0.1, -0.05) is 19.1 Å². The van der Waals surface area contributed by atoms with Crippen molar-refractivity contribution in [1.82, 2.24) is 4.98 Å². The standard InChI is InChI=1S/C18H19N3O4/c1-10(7-16(22)23)14-8-12(13(9-19)18(20)21-14)11-5-4-6-15(24-2)17(11)25-3/h4-6,8,10H,7H2,1-3H3,(H2,20,21)(H,22,23). The number of carboxylic acids is 1. The van der Waals surface area contributed by atoms with E-state index in [4.69, 9.17) is 20.3 Å². The number of nitrogen functional groups attached to an aromatic ring is 1. The van der Waals surface area contributed by atoms with Gasteiger partial charge < -0.3 is 20.3 Å². The molecule has 1 atom stereocenters. The molecule has 1 unspecified atom stereocenters. The highest BCUT2D eigenvalue weighted by Crippen LogP contribution is 2.40. The van der Waals surface area contributed by atoms with Gasteiger partial charge in [0.05, 0.1) is 20.6 Å². The predicted octanol–water partition coefficient (Wildman–Crippen LogP) is 2.80. The molecule has 1 heterocycles. The highest BCUT2D eigenvalue weighted by atomic mass is 16.5. The van der Waals surface area contributed by atoms with E-state index in [2.05, 4.69) is 11.1 Å². The van der Waals surface area contributed by atoms with Gasteiger partial charge in [-0.15, -0.1) is 0 Å². The maximum atomic E-state index is 11.0. The largest absolute Gasteiger partial charge is 0.493 e. The number of rotatable bonds is 6. The Kier molecular flexibility index (Phi) is 5.45. The molecule has 0 saturated carbocycles. The van der Waals surface area contributed by atoms with Crippen molar-refractivity contribution in [3.63, 3.8) is 0 Å². The molecule has 1 aromatic carbocycles. The molecule has 7 heteroatoms. The molecule has 0 radical (unpaired) electrons. The van der Waals surface area contributed by atoms with E-state index in [9.17, 15) is 10.1 Å². The van der Waals surface area contributed by atoms with Crippen molar-refractivity contribution in [3.05, 3.63) is 35.5 Å². The summed E-state index contributed by atoms with van der Waals surface area (Å²) in [6, 6.07) is 9.03. The molecule has 0 spiro atoms. The molecule has 0 saturated heterocycles. The highest BCUT2D eigenvalue weighted by Gasteiger charge is 2.21. The van der Waals surface area contributed by atoms with Crippen LogP contribution in [0.2, 0.25) is 0 Å². The average molecular weight is 341 g/mol. The third-order valence-electron chi connectivity index (χ3n) is 3.86. The van der Waals surface area contributed by atoms with E-state index in [0.717, 1.165) is 0 Å². The zero-order valence-corrected chi connectivity index (χ0v) is 14.2. The Morgan fingerprint density at radius 2 is 2.08 bits per heavy atom. The lowest BCUT2D eigenvalue weighted by atomic mass is 9.95. The first-order valence-electron chi connectivity index (χ1n) is 7.56. The number of hydrogen-bond acceptors (Lipinski definition) is 6. The molecule has 0 aliphatic heterocycles. The summed E-state index contributed by atoms with van der Waals surface area (Å²) in [5.74, 6) is -0.263. The summed E-state index contributed by atoms with van der Waals surface area (Å²) in [5.41, 5.74) is 7.80. The number of aliphatic carboxylic acids is 1. The molecule has 7 nitrogen and oxygen atoms in total. The van der Waals surface area contributed by atoms with E-state index in [1.807, 2.05) is 0 Å². The quantitative estimate of drug-likeness (QED) is 0.829. The smallest absolute Gasteiger partial charge is 0.304 e. The molecule has 130 valence electrons. The van der Waals surface area contributed by atoms with E-state index in [1.165, 1.54) is 14.2 Å². The van der Waals surface area contributed by atoms with E-state index < -0.39 is 5.97 Å². The average Bonchev–Trinajstić information content (AvgIpc) is 2.59. The lowest BCUT2D eigenvalue weighted by Crippen LogP contribution is -2.08. The number of hydrogen-bond donors (Lipinski definition) is 2. The topological polar surface area (TPSA) is 118 Å². The summed E-state index contributed by atoms with van der Waals surface area (Å²) in [5, 5.41) is 18.5. The maximum Gasteiger partial charge on any atom is 0.304 e. The molecule has 0 aliphatic rings.